The number of aromatic nitrogens is 3. The quantitative estimate of drug-likeness (QED) is 0.227. The normalized spacial score (nSPS) is 11.3. The van der Waals surface area contributed by atoms with Gasteiger partial charge in [-0.25, -0.2) is 9.38 Å². The Morgan fingerprint density at radius 2 is 2.06 bits per heavy atom. The number of nitrogens with zero attached hydrogens (tertiary/aromatic N) is 4. The Labute approximate surface area is 208 Å². The highest BCUT2D eigenvalue weighted by Gasteiger charge is 2.08. The largest absolute Gasteiger partial charge is 0.356 e. The summed E-state index contributed by atoms with van der Waals surface area (Å²) in [6, 6.07) is 9.10. The number of thiophene rings is 1. The molecule has 2 N–H and O–H groups in total. The van der Waals surface area contributed by atoms with Crippen LogP contribution in [0.25, 0.3) is 0 Å². The van der Waals surface area contributed by atoms with Gasteiger partial charge in [0.1, 0.15) is 11.6 Å². The Hall–Kier alpha value is -1.66. The van der Waals surface area contributed by atoms with Gasteiger partial charge in [0.15, 0.2) is 11.8 Å². The maximum Gasteiger partial charge on any atom is 0.191 e. The van der Waals surface area contributed by atoms with Crippen molar-refractivity contribution in [2.24, 2.45) is 12.0 Å². The topological polar surface area (TPSA) is 67.1 Å². The Kier molecular flexibility index (Phi) is 10.7. The average molecular weight is 575 g/mol. The molecule has 0 bridgehead atoms. The fourth-order valence-electron chi connectivity index (χ4n) is 2.90. The van der Waals surface area contributed by atoms with Crippen LogP contribution in [-0.4, -0.2) is 33.5 Å². The molecule has 0 aliphatic heterocycles. The molecule has 168 valence electrons. The Balaban J connectivity index is 0.00000341. The average Bonchev–Trinajstić information content (AvgIpc) is 3.36. The minimum Gasteiger partial charge on any atom is -0.356 e. The zero-order valence-corrected chi connectivity index (χ0v) is 21.9. The van der Waals surface area contributed by atoms with Crippen LogP contribution in [-0.2, 0) is 32.3 Å². The maximum absolute atomic E-state index is 13.6. The molecule has 0 saturated heterocycles. The van der Waals surface area contributed by atoms with Crippen LogP contribution in [0.5, 0.6) is 0 Å². The molecule has 2 aromatic heterocycles. The van der Waals surface area contributed by atoms with Gasteiger partial charge in [-0.1, -0.05) is 12.1 Å². The lowest BCUT2D eigenvalue weighted by Gasteiger charge is -2.13. The van der Waals surface area contributed by atoms with Crippen molar-refractivity contribution in [2.45, 2.75) is 32.2 Å². The standard InChI is InChI=1S/C21H27FN6S2.HI/c1-15-26-27-20(28(15)2)13-25-21(23-9-8-19-5-4-10-30-19)24-12-16-6-7-18(22)11-17(16)14-29-3;/h4-7,10-11H,8-9,12-14H2,1-3H3,(H2,23,24,25);1H. The molecular formula is C21H28FIN6S2. The van der Waals surface area contributed by atoms with Gasteiger partial charge in [0.25, 0.3) is 0 Å². The molecule has 0 atom stereocenters. The van der Waals surface area contributed by atoms with Gasteiger partial charge in [0.05, 0.1) is 13.1 Å². The molecule has 0 aliphatic rings. The first-order valence-electron chi connectivity index (χ1n) is 9.72. The van der Waals surface area contributed by atoms with Gasteiger partial charge >= 0.3 is 0 Å². The van der Waals surface area contributed by atoms with Crippen LogP contribution >= 0.6 is 47.1 Å². The zero-order chi connectivity index (χ0) is 21.3. The number of rotatable bonds is 9. The van der Waals surface area contributed by atoms with Crippen LogP contribution < -0.4 is 10.6 Å². The smallest absolute Gasteiger partial charge is 0.191 e. The number of thioether (sulfide) groups is 1. The molecular weight excluding hydrogens is 546 g/mol. The zero-order valence-electron chi connectivity index (χ0n) is 17.9. The van der Waals surface area contributed by atoms with Crippen LogP contribution in [0.15, 0.2) is 40.7 Å². The van der Waals surface area contributed by atoms with Crippen LogP contribution in [0.4, 0.5) is 4.39 Å². The number of nitrogens with one attached hydrogen (secondary N) is 2. The van der Waals surface area contributed by atoms with Gasteiger partial charge in [-0.15, -0.1) is 45.5 Å². The second kappa shape index (κ2) is 13.0. The number of guanidine groups is 1. The third-order valence-electron chi connectivity index (χ3n) is 4.72. The van der Waals surface area contributed by atoms with Gasteiger partial charge in [0.2, 0.25) is 0 Å². The second-order valence-electron chi connectivity index (χ2n) is 6.84. The fraction of sp³-hybridized carbons (Fsp3) is 0.381. The van der Waals surface area contributed by atoms with E-state index < -0.39 is 0 Å². The summed E-state index contributed by atoms with van der Waals surface area (Å²) in [6.45, 7) is 3.68. The van der Waals surface area contributed by atoms with E-state index in [1.165, 1.54) is 10.9 Å². The van der Waals surface area contributed by atoms with Crippen LogP contribution in [0.1, 0.15) is 27.7 Å². The Bertz CT molecular complexity index is 974. The monoisotopic (exact) mass is 574 g/mol. The number of aryl methyl sites for hydroxylation is 1. The molecule has 0 amide bonds. The third kappa shape index (κ3) is 7.76. The number of aliphatic imine (C=N–C) groups is 1. The Morgan fingerprint density at radius 1 is 1.23 bits per heavy atom. The summed E-state index contributed by atoms with van der Waals surface area (Å²) in [7, 11) is 1.95. The van der Waals surface area contributed by atoms with Crippen molar-refractivity contribution in [1.82, 2.24) is 25.4 Å². The lowest BCUT2D eigenvalue weighted by molar-refractivity contribution is 0.625. The van der Waals surface area contributed by atoms with E-state index in [0.29, 0.717) is 19.0 Å². The highest BCUT2D eigenvalue weighted by molar-refractivity contribution is 14.0. The van der Waals surface area contributed by atoms with Gasteiger partial charge in [-0.05, 0) is 54.3 Å². The molecule has 3 rings (SSSR count). The molecule has 31 heavy (non-hydrogen) atoms. The lowest BCUT2D eigenvalue weighted by atomic mass is 10.1. The van der Waals surface area contributed by atoms with Gasteiger partial charge in [-0.3, -0.25) is 0 Å². The minimum absolute atomic E-state index is 0. The van der Waals surface area contributed by atoms with Crippen molar-refractivity contribution < 1.29 is 4.39 Å². The first-order valence-corrected chi connectivity index (χ1v) is 12.0. The van der Waals surface area contributed by atoms with E-state index >= 15 is 0 Å². The first kappa shape index (κ1) is 25.6. The molecule has 3 aromatic rings. The van der Waals surface area contributed by atoms with E-state index in [1.807, 2.05) is 30.9 Å². The second-order valence-corrected chi connectivity index (χ2v) is 8.74. The van der Waals surface area contributed by atoms with E-state index in [-0.39, 0.29) is 29.8 Å². The number of hydrogen-bond donors (Lipinski definition) is 2. The molecule has 1 aromatic carbocycles. The van der Waals surface area contributed by atoms with E-state index in [2.05, 4.69) is 38.3 Å². The van der Waals surface area contributed by atoms with Crippen LogP contribution in [0.3, 0.4) is 0 Å². The number of benzene rings is 1. The summed E-state index contributed by atoms with van der Waals surface area (Å²) in [6.07, 6.45) is 2.94. The molecule has 10 heteroatoms. The fourth-order valence-corrected chi connectivity index (χ4v) is 4.19. The molecule has 0 aliphatic carbocycles. The summed E-state index contributed by atoms with van der Waals surface area (Å²) in [5, 5.41) is 17.1. The highest BCUT2D eigenvalue weighted by Crippen LogP contribution is 2.17. The molecule has 0 saturated carbocycles. The van der Waals surface area contributed by atoms with E-state index in [0.717, 1.165) is 41.5 Å². The van der Waals surface area contributed by atoms with E-state index in [4.69, 9.17) is 4.99 Å². The Morgan fingerprint density at radius 3 is 2.74 bits per heavy atom. The summed E-state index contributed by atoms with van der Waals surface area (Å²) >= 11 is 3.42. The van der Waals surface area contributed by atoms with Crippen molar-refractivity contribution in [2.75, 3.05) is 12.8 Å². The maximum atomic E-state index is 13.6. The van der Waals surface area contributed by atoms with Crippen molar-refractivity contribution in [1.29, 1.82) is 0 Å². The molecule has 0 fully saturated rings. The van der Waals surface area contributed by atoms with Crippen LogP contribution in [0.2, 0.25) is 0 Å². The summed E-state index contributed by atoms with van der Waals surface area (Å²) < 4.78 is 15.6. The molecule has 0 radical (unpaired) electrons. The first-order chi connectivity index (χ1) is 14.6. The van der Waals surface area contributed by atoms with Crippen molar-refractivity contribution in [3.05, 3.63) is 69.2 Å². The SMILES string of the molecule is CSCc1cc(F)ccc1CN=C(NCCc1cccs1)NCc1nnc(C)n1C.I. The molecule has 0 unspecified atom stereocenters. The lowest BCUT2D eigenvalue weighted by Crippen LogP contribution is -2.38. The summed E-state index contributed by atoms with van der Waals surface area (Å²) in [5.74, 6) is 2.95. The predicted octanol–water partition coefficient (Wildman–Crippen LogP) is 4.28. The highest BCUT2D eigenvalue weighted by atomic mass is 127. The van der Waals surface area contributed by atoms with E-state index in [9.17, 15) is 4.39 Å². The van der Waals surface area contributed by atoms with Crippen molar-refractivity contribution in [3.63, 3.8) is 0 Å². The van der Waals surface area contributed by atoms with Gasteiger partial charge in [-0.2, -0.15) is 11.8 Å². The minimum atomic E-state index is -0.211. The van der Waals surface area contributed by atoms with Gasteiger partial charge < -0.3 is 15.2 Å². The third-order valence-corrected chi connectivity index (χ3v) is 6.25. The van der Waals surface area contributed by atoms with E-state index in [1.54, 1.807) is 29.2 Å². The number of hydrogen-bond acceptors (Lipinski definition) is 5. The molecule has 2 heterocycles. The summed E-state index contributed by atoms with van der Waals surface area (Å²) in [5.41, 5.74) is 2.01. The molecule has 0 spiro atoms. The molecule has 6 nitrogen and oxygen atoms in total. The summed E-state index contributed by atoms with van der Waals surface area (Å²) in [4.78, 5) is 6.07. The number of halogens is 2. The van der Waals surface area contributed by atoms with Crippen molar-refractivity contribution >= 4 is 53.0 Å². The van der Waals surface area contributed by atoms with Crippen molar-refractivity contribution in [3.8, 4) is 0 Å². The predicted molar refractivity (Wildman–Crippen MR) is 139 cm³/mol. The van der Waals surface area contributed by atoms with Gasteiger partial charge in [0, 0.05) is 24.2 Å². The van der Waals surface area contributed by atoms with Crippen LogP contribution in [0, 0.1) is 12.7 Å².